The van der Waals surface area contributed by atoms with Gasteiger partial charge in [-0.1, -0.05) is 27.2 Å². The number of amides is 1. The molecule has 1 amide bonds. The molecule has 4 heteroatoms. The Morgan fingerprint density at radius 3 is 2.44 bits per heavy atom. The number of nitrogens with two attached hydrogens (primary N) is 1. The van der Waals surface area contributed by atoms with Crippen LogP contribution in [0.15, 0.2) is 0 Å². The lowest BCUT2D eigenvalue weighted by Gasteiger charge is -2.31. The van der Waals surface area contributed by atoms with Gasteiger partial charge in [-0.25, -0.2) is 0 Å². The van der Waals surface area contributed by atoms with E-state index < -0.39 is 0 Å². The first-order valence-electron chi connectivity index (χ1n) is 6.23. The van der Waals surface area contributed by atoms with E-state index >= 15 is 0 Å². The van der Waals surface area contributed by atoms with Crippen LogP contribution < -0.4 is 11.1 Å². The quantitative estimate of drug-likeness (QED) is 0.648. The number of nitrogens with one attached hydrogen (secondary N) is 1. The third kappa shape index (κ3) is 5.47. The standard InChI is InChI=1S/C12H27N3O/c1-5-10(3)9-15(6-2)11(8-13)7-12(16)14-4/h10-11H,5-9,13H2,1-4H3,(H,14,16). The molecule has 0 aliphatic rings. The molecule has 0 fully saturated rings. The minimum Gasteiger partial charge on any atom is -0.359 e. The second-order valence-electron chi connectivity index (χ2n) is 4.37. The summed E-state index contributed by atoms with van der Waals surface area (Å²) in [6.45, 7) is 9.05. The first-order chi connectivity index (χ1) is 7.58. The molecule has 0 spiro atoms. The van der Waals surface area contributed by atoms with Gasteiger partial charge in [0.1, 0.15) is 0 Å². The molecule has 0 aromatic rings. The summed E-state index contributed by atoms with van der Waals surface area (Å²) in [6.07, 6.45) is 1.66. The van der Waals surface area contributed by atoms with Gasteiger partial charge in [-0.15, -0.1) is 0 Å². The Morgan fingerprint density at radius 2 is 2.06 bits per heavy atom. The van der Waals surface area contributed by atoms with Crippen molar-refractivity contribution in [3.63, 3.8) is 0 Å². The summed E-state index contributed by atoms with van der Waals surface area (Å²) in [5.41, 5.74) is 5.75. The van der Waals surface area contributed by atoms with Crippen LogP contribution in [0.25, 0.3) is 0 Å². The van der Waals surface area contributed by atoms with Crippen molar-refractivity contribution >= 4 is 5.91 Å². The van der Waals surface area contributed by atoms with Crippen molar-refractivity contribution in [1.82, 2.24) is 10.2 Å². The number of rotatable bonds is 8. The molecule has 0 aliphatic carbocycles. The first-order valence-corrected chi connectivity index (χ1v) is 6.23. The SMILES string of the molecule is CCC(C)CN(CC)C(CN)CC(=O)NC. The third-order valence-corrected chi connectivity index (χ3v) is 3.14. The van der Waals surface area contributed by atoms with Crippen molar-refractivity contribution in [2.24, 2.45) is 11.7 Å². The molecule has 16 heavy (non-hydrogen) atoms. The van der Waals surface area contributed by atoms with Gasteiger partial charge >= 0.3 is 0 Å². The van der Waals surface area contributed by atoms with Gasteiger partial charge in [-0.2, -0.15) is 0 Å². The zero-order valence-corrected chi connectivity index (χ0v) is 11.1. The van der Waals surface area contributed by atoms with E-state index in [0.29, 0.717) is 18.9 Å². The van der Waals surface area contributed by atoms with Crippen LogP contribution in [0.4, 0.5) is 0 Å². The lowest BCUT2D eigenvalue weighted by Crippen LogP contribution is -2.45. The summed E-state index contributed by atoms with van der Waals surface area (Å²) >= 11 is 0. The molecule has 0 bridgehead atoms. The summed E-state index contributed by atoms with van der Waals surface area (Å²) < 4.78 is 0. The molecule has 0 aromatic carbocycles. The first kappa shape index (κ1) is 15.4. The summed E-state index contributed by atoms with van der Waals surface area (Å²) in [6, 6.07) is 0.166. The molecule has 0 aromatic heterocycles. The van der Waals surface area contributed by atoms with Crippen LogP contribution >= 0.6 is 0 Å². The van der Waals surface area contributed by atoms with Crippen LogP contribution in [0, 0.1) is 5.92 Å². The molecule has 0 rings (SSSR count). The fraction of sp³-hybridized carbons (Fsp3) is 0.917. The highest BCUT2D eigenvalue weighted by molar-refractivity contribution is 5.76. The number of likely N-dealkylation sites (N-methyl/N-ethyl adjacent to an activating group) is 1. The summed E-state index contributed by atoms with van der Waals surface area (Å²) in [4.78, 5) is 13.7. The second-order valence-corrected chi connectivity index (χ2v) is 4.37. The smallest absolute Gasteiger partial charge is 0.221 e. The lowest BCUT2D eigenvalue weighted by atomic mass is 10.1. The van der Waals surface area contributed by atoms with Crippen molar-refractivity contribution in [2.45, 2.75) is 39.7 Å². The summed E-state index contributed by atoms with van der Waals surface area (Å²) in [5.74, 6) is 0.719. The monoisotopic (exact) mass is 229 g/mol. The van der Waals surface area contributed by atoms with Crippen LogP contribution in [0.3, 0.4) is 0 Å². The Morgan fingerprint density at radius 1 is 1.44 bits per heavy atom. The molecule has 96 valence electrons. The molecule has 2 unspecified atom stereocenters. The van der Waals surface area contributed by atoms with Crippen molar-refractivity contribution < 1.29 is 4.79 Å². The molecular formula is C12H27N3O. The van der Waals surface area contributed by atoms with Gasteiger partial charge in [0, 0.05) is 32.6 Å². The summed E-state index contributed by atoms with van der Waals surface area (Å²) in [5, 5.41) is 2.65. The zero-order chi connectivity index (χ0) is 12.6. The number of hydrogen-bond acceptors (Lipinski definition) is 3. The molecular weight excluding hydrogens is 202 g/mol. The highest BCUT2D eigenvalue weighted by Gasteiger charge is 2.19. The van der Waals surface area contributed by atoms with E-state index in [4.69, 9.17) is 5.73 Å². The van der Waals surface area contributed by atoms with E-state index in [0.717, 1.165) is 19.5 Å². The largest absolute Gasteiger partial charge is 0.359 e. The van der Waals surface area contributed by atoms with Gasteiger partial charge in [0.15, 0.2) is 0 Å². The van der Waals surface area contributed by atoms with Crippen molar-refractivity contribution in [2.75, 3.05) is 26.7 Å². The van der Waals surface area contributed by atoms with E-state index in [9.17, 15) is 4.79 Å². The van der Waals surface area contributed by atoms with Crippen LogP contribution in [0.1, 0.15) is 33.6 Å². The third-order valence-electron chi connectivity index (χ3n) is 3.14. The Labute approximate surface area is 99.6 Å². The molecule has 4 nitrogen and oxygen atoms in total. The van der Waals surface area contributed by atoms with Gasteiger partial charge in [-0.3, -0.25) is 9.69 Å². The number of hydrogen-bond donors (Lipinski definition) is 2. The van der Waals surface area contributed by atoms with E-state index in [2.05, 4.69) is 31.0 Å². The van der Waals surface area contributed by atoms with E-state index in [-0.39, 0.29) is 11.9 Å². The maximum absolute atomic E-state index is 11.4. The van der Waals surface area contributed by atoms with Gasteiger partial charge in [-0.05, 0) is 12.5 Å². The minimum atomic E-state index is 0.0676. The van der Waals surface area contributed by atoms with Gasteiger partial charge in [0.2, 0.25) is 5.91 Å². The van der Waals surface area contributed by atoms with E-state index in [1.165, 1.54) is 0 Å². The average molecular weight is 229 g/mol. The molecule has 0 heterocycles. The number of nitrogens with zero attached hydrogens (tertiary/aromatic N) is 1. The topological polar surface area (TPSA) is 58.4 Å². The van der Waals surface area contributed by atoms with Crippen LogP contribution in [-0.2, 0) is 4.79 Å². The number of carbonyl (C=O) groups excluding carboxylic acids is 1. The normalized spacial score (nSPS) is 14.9. The summed E-state index contributed by atoms with van der Waals surface area (Å²) in [7, 11) is 1.67. The predicted molar refractivity (Wildman–Crippen MR) is 68.2 cm³/mol. The van der Waals surface area contributed by atoms with Crippen LogP contribution in [-0.4, -0.2) is 43.5 Å². The van der Waals surface area contributed by atoms with Gasteiger partial charge < -0.3 is 11.1 Å². The molecule has 0 radical (unpaired) electrons. The Bertz CT molecular complexity index is 197. The van der Waals surface area contributed by atoms with E-state index in [1.807, 2.05) is 0 Å². The Balaban J connectivity index is 4.31. The number of carbonyl (C=O) groups is 1. The second kappa shape index (κ2) is 8.53. The average Bonchev–Trinajstić information content (AvgIpc) is 2.32. The van der Waals surface area contributed by atoms with Gasteiger partial charge in [0.25, 0.3) is 0 Å². The fourth-order valence-electron chi connectivity index (χ4n) is 1.74. The molecule has 0 saturated heterocycles. The molecule has 0 saturated carbocycles. The maximum atomic E-state index is 11.4. The maximum Gasteiger partial charge on any atom is 0.221 e. The fourth-order valence-corrected chi connectivity index (χ4v) is 1.74. The Kier molecular flexibility index (Phi) is 8.21. The highest BCUT2D eigenvalue weighted by atomic mass is 16.1. The highest BCUT2D eigenvalue weighted by Crippen LogP contribution is 2.09. The van der Waals surface area contributed by atoms with Crippen molar-refractivity contribution in [1.29, 1.82) is 0 Å². The molecule has 0 aliphatic heterocycles. The zero-order valence-electron chi connectivity index (χ0n) is 11.1. The minimum absolute atomic E-state index is 0.0676. The van der Waals surface area contributed by atoms with E-state index in [1.54, 1.807) is 7.05 Å². The predicted octanol–water partition coefficient (Wildman–Crippen LogP) is 0.818. The van der Waals surface area contributed by atoms with Gasteiger partial charge in [0.05, 0.1) is 0 Å². The van der Waals surface area contributed by atoms with Crippen LogP contribution in [0.2, 0.25) is 0 Å². The van der Waals surface area contributed by atoms with Crippen molar-refractivity contribution in [3.05, 3.63) is 0 Å². The molecule has 2 atom stereocenters. The Hall–Kier alpha value is -0.610. The lowest BCUT2D eigenvalue weighted by molar-refractivity contribution is -0.121. The van der Waals surface area contributed by atoms with Crippen LogP contribution in [0.5, 0.6) is 0 Å². The molecule has 3 N–H and O–H groups in total. The van der Waals surface area contributed by atoms with Crippen molar-refractivity contribution in [3.8, 4) is 0 Å².